The summed E-state index contributed by atoms with van der Waals surface area (Å²) >= 11 is 0. The van der Waals surface area contributed by atoms with Crippen molar-refractivity contribution < 1.29 is 9.59 Å². The maximum Gasteiger partial charge on any atom is 0.227 e. The molecule has 1 fully saturated rings. The van der Waals surface area contributed by atoms with Crippen LogP contribution in [0.5, 0.6) is 0 Å². The molecule has 1 aliphatic rings. The van der Waals surface area contributed by atoms with Gasteiger partial charge in [-0.1, -0.05) is 42.5 Å². The van der Waals surface area contributed by atoms with Gasteiger partial charge in [-0.15, -0.1) is 12.4 Å². The van der Waals surface area contributed by atoms with Crippen molar-refractivity contribution in [1.82, 2.24) is 10.2 Å². The highest BCUT2D eigenvalue weighted by atomic mass is 35.5. The Morgan fingerprint density at radius 3 is 2.46 bits per heavy atom. The van der Waals surface area contributed by atoms with E-state index in [0.29, 0.717) is 19.5 Å². The van der Waals surface area contributed by atoms with Crippen LogP contribution in [0.2, 0.25) is 0 Å². The third-order valence-electron chi connectivity index (χ3n) is 5.04. The summed E-state index contributed by atoms with van der Waals surface area (Å²) in [4.78, 5) is 26.9. The summed E-state index contributed by atoms with van der Waals surface area (Å²) in [5.41, 5.74) is 8.58. The van der Waals surface area contributed by atoms with Gasteiger partial charge in [0.1, 0.15) is 0 Å². The van der Waals surface area contributed by atoms with E-state index in [2.05, 4.69) is 5.32 Å². The number of anilines is 1. The number of nitrogens with one attached hydrogen (secondary N) is 1. The van der Waals surface area contributed by atoms with Crippen LogP contribution in [-0.2, 0) is 22.4 Å². The van der Waals surface area contributed by atoms with Gasteiger partial charge in [-0.2, -0.15) is 0 Å². The monoisotopic (exact) mass is 401 g/mol. The van der Waals surface area contributed by atoms with E-state index in [-0.39, 0.29) is 30.1 Å². The van der Waals surface area contributed by atoms with Crippen LogP contribution in [0.15, 0.2) is 54.6 Å². The highest BCUT2D eigenvalue weighted by Gasteiger charge is 2.28. The number of hydrogen-bond acceptors (Lipinski definition) is 3. The van der Waals surface area contributed by atoms with Gasteiger partial charge in [0, 0.05) is 25.3 Å². The van der Waals surface area contributed by atoms with Crippen molar-refractivity contribution in [1.29, 1.82) is 0 Å². The number of amides is 2. The maximum atomic E-state index is 12.5. The van der Waals surface area contributed by atoms with Gasteiger partial charge in [0.2, 0.25) is 11.8 Å². The van der Waals surface area contributed by atoms with Crippen LogP contribution in [-0.4, -0.2) is 36.3 Å². The summed E-state index contributed by atoms with van der Waals surface area (Å²) in [6.45, 7) is 1.84. The Morgan fingerprint density at radius 1 is 1.04 bits per heavy atom. The van der Waals surface area contributed by atoms with Gasteiger partial charge in [0.25, 0.3) is 0 Å². The van der Waals surface area contributed by atoms with Gasteiger partial charge in [0.05, 0.1) is 12.3 Å². The first-order chi connectivity index (χ1) is 13.1. The van der Waals surface area contributed by atoms with E-state index in [1.165, 1.54) is 0 Å². The van der Waals surface area contributed by atoms with E-state index in [1.54, 1.807) is 0 Å². The molecule has 0 radical (unpaired) electrons. The highest BCUT2D eigenvalue weighted by Crippen LogP contribution is 2.18. The van der Waals surface area contributed by atoms with Crippen molar-refractivity contribution in [3.8, 4) is 0 Å². The molecule has 2 amide bonds. The molecule has 5 nitrogen and oxygen atoms in total. The van der Waals surface area contributed by atoms with E-state index in [4.69, 9.17) is 5.73 Å². The Kier molecular flexibility index (Phi) is 8.33. The molecular formula is C22H28ClN3O2. The summed E-state index contributed by atoms with van der Waals surface area (Å²) in [6, 6.07) is 17.4. The van der Waals surface area contributed by atoms with E-state index < -0.39 is 0 Å². The molecule has 1 unspecified atom stereocenters. The van der Waals surface area contributed by atoms with Crippen LogP contribution >= 0.6 is 12.4 Å². The van der Waals surface area contributed by atoms with Crippen LogP contribution < -0.4 is 11.1 Å². The fourth-order valence-electron chi connectivity index (χ4n) is 3.46. The second-order valence-electron chi connectivity index (χ2n) is 7.12. The zero-order chi connectivity index (χ0) is 19.1. The summed E-state index contributed by atoms with van der Waals surface area (Å²) < 4.78 is 0. The molecule has 1 heterocycles. The molecular weight excluding hydrogens is 374 g/mol. The summed E-state index contributed by atoms with van der Waals surface area (Å²) in [5.74, 6) is 0.0214. The van der Waals surface area contributed by atoms with Gasteiger partial charge in [-0.05, 0) is 42.5 Å². The Morgan fingerprint density at radius 2 is 1.75 bits per heavy atom. The third-order valence-corrected chi connectivity index (χ3v) is 5.04. The van der Waals surface area contributed by atoms with Crippen LogP contribution in [0.1, 0.15) is 24.0 Å². The first-order valence-corrected chi connectivity index (χ1v) is 9.55. The summed E-state index contributed by atoms with van der Waals surface area (Å²) in [7, 11) is 0. The number of nitrogen functional groups attached to an aromatic ring is 1. The molecule has 1 aliphatic heterocycles. The number of carbonyl (C=O) groups is 2. The molecule has 28 heavy (non-hydrogen) atoms. The zero-order valence-electron chi connectivity index (χ0n) is 16.0. The highest BCUT2D eigenvalue weighted by molar-refractivity contribution is 5.85. The molecule has 0 bridgehead atoms. The molecule has 0 aliphatic carbocycles. The Bertz CT molecular complexity index is 765. The molecule has 1 atom stereocenters. The lowest BCUT2D eigenvalue weighted by Gasteiger charge is -2.32. The average molecular weight is 402 g/mol. The Balaban J connectivity index is 0.00000280. The molecule has 0 saturated carbocycles. The van der Waals surface area contributed by atoms with E-state index in [9.17, 15) is 9.59 Å². The summed E-state index contributed by atoms with van der Waals surface area (Å²) in [6.07, 6.45) is 2.88. The van der Waals surface area contributed by atoms with Crippen molar-refractivity contribution in [3.63, 3.8) is 0 Å². The number of benzene rings is 2. The second-order valence-corrected chi connectivity index (χ2v) is 7.12. The third kappa shape index (κ3) is 6.27. The van der Waals surface area contributed by atoms with Crippen LogP contribution in [0, 0.1) is 5.92 Å². The number of halogens is 1. The molecule has 150 valence electrons. The Hall–Kier alpha value is -2.53. The largest absolute Gasteiger partial charge is 0.399 e. The van der Waals surface area contributed by atoms with Crippen molar-refractivity contribution in [2.24, 2.45) is 5.92 Å². The van der Waals surface area contributed by atoms with Gasteiger partial charge >= 0.3 is 0 Å². The molecule has 2 aromatic carbocycles. The number of carbonyl (C=O) groups excluding carboxylic acids is 2. The fraction of sp³-hybridized carbons (Fsp3) is 0.364. The first kappa shape index (κ1) is 21.8. The van der Waals surface area contributed by atoms with Gasteiger partial charge in [-0.25, -0.2) is 0 Å². The summed E-state index contributed by atoms with van der Waals surface area (Å²) in [5, 5.41) is 3.02. The number of rotatable bonds is 6. The van der Waals surface area contributed by atoms with Gasteiger partial charge in [0.15, 0.2) is 0 Å². The normalized spacial score (nSPS) is 16.1. The first-order valence-electron chi connectivity index (χ1n) is 9.55. The predicted molar refractivity (Wildman–Crippen MR) is 114 cm³/mol. The van der Waals surface area contributed by atoms with Crippen LogP contribution in [0.4, 0.5) is 5.69 Å². The van der Waals surface area contributed by atoms with Gasteiger partial charge in [-0.3, -0.25) is 9.59 Å². The van der Waals surface area contributed by atoms with Crippen molar-refractivity contribution in [2.75, 3.05) is 25.4 Å². The van der Waals surface area contributed by atoms with Crippen LogP contribution in [0.3, 0.4) is 0 Å². The van der Waals surface area contributed by atoms with Crippen LogP contribution in [0.25, 0.3) is 0 Å². The molecule has 3 rings (SSSR count). The predicted octanol–water partition coefficient (Wildman–Crippen LogP) is 2.83. The minimum atomic E-state index is -0.120. The molecule has 3 N–H and O–H groups in total. The number of nitrogens with zero attached hydrogens (tertiary/aromatic N) is 1. The molecule has 0 spiro atoms. The minimum absolute atomic E-state index is 0. The van der Waals surface area contributed by atoms with Crippen molar-refractivity contribution >= 4 is 29.9 Å². The number of piperidine rings is 1. The quantitative estimate of drug-likeness (QED) is 0.731. The van der Waals surface area contributed by atoms with E-state index >= 15 is 0 Å². The van der Waals surface area contributed by atoms with E-state index in [1.807, 2.05) is 59.5 Å². The maximum absolute atomic E-state index is 12.5. The SMILES string of the molecule is Cl.Nc1ccc(CCNC(=O)C2CCCN(C(=O)Cc3ccccc3)C2)cc1. The molecule has 2 aromatic rings. The lowest BCUT2D eigenvalue weighted by Crippen LogP contribution is -2.46. The second kappa shape index (κ2) is 10.7. The number of nitrogens with two attached hydrogens (primary N) is 1. The standard InChI is InChI=1S/C22H27N3O2.ClH/c23-20-10-8-17(9-11-20)12-13-24-22(27)19-7-4-14-25(16-19)21(26)15-18-5-2-1-3-6-18;/h1-3,5-6,8-11,19H,4,7,12-16,23H2,(H,24,27);1H. The molecule has 6 heteroatoms. The minimum Gasteiger partial charge on any atom is -0.399 e. The van der Waals surface area contributed by atoms with Crippen molar-refractivity contribution in [2.45, 2.75) is 25.7 Å². The lowest BCUT2D eigenvalue weighted by molar-refractivity contribution is -0.135. The topological polar surface area (TPSA) is 75.4 Å². The number of hydrogen-bond donors (Lipinski definition) is 2. The molecule has 0 aromatic heterocycles. The fourth-order valence-corrected chi connectivity index (χ4v) is 3.46. The zero-order valence-corrected chi connectivity index (χ0v) is 16.8. The van der Waals surface area contributed by atoms with Crippen molar-refractivity contribution in [3.05, 3.63) is 65.7 Å². The van der Waals surface area contributed by atoms with Gasteiger partial charge < -0.3 is 16.0 Å². The lowest BCUT2D eigenvalue weighted by atomic mass is 9.96. The van der Waals surface area contributed by atoms with E-state index in [0.717, 1.165) is 42.6 Å². The average Bonchev–Trinajstić information content (AvgIpc) is 2.70. The Labute approximate surface area is 172 Å². The molecule has 1 saturated heterocycles. The number of likely N-dealkylation sites (tertiary alicyclic amines) is 1. The smallest absolute Gasteiger partial charge is 0.227 e.